The van der Waals surface area contributed by atoms with E-state index in [-0.39, 0.29) is 18.1 Å². The number of carbonyl (C=O) groups is 1. The Morgan fingerprint density at radius 2 is 2.10 bits per heavy atom. The van der Waals surface area contributed by atoms with Gasteiger partial charge in [-0.3, -0.25) is 0 Å². The lowest BCUT2D eigenvalue weighted by molar-refractivity contribution is 0.233. The fourth-order valence-corrected chi connectivity index (χ4v) is 3.34. The highest BCUT2D eigenvalue weighted by molar-refractivity contribution is 5.86. The first-order valence-corrected chi connectivity index (χ1v) is 7.68. The minimum Gasteiger partial charge on any atom is -0.347 e. The van der Waals surface area contributed by atoms with Gasteiger partial charge in [0.25, 0.3) is 0 Å². The quantitative estimate of drug-likeness (QED) is 0.875. The summed E-state index contributed by atoms with van der Waals surface area (Å²) in [5, 5.41) is 7.33. The van der Waals surface area contributed by atoms with Gasteiger partial charge in [0, 0.05) is 35.7 Å². The average Bonchev–Trinajstić information content (AvgIpc) is 2.72. The molecule has 2 N–H and O–H groups in total. The van der Waals surface area contributed by atoms with Crippen LogP contribution in [0.5, 0.6) is 0 Å². The van der Waals surface area contributed by atoms with Gasteiger partial charge < -0.3 is 15.2 Å². The van der Waals surface area contributed by atoms with Crippen LogP contribution in [0.15, 0.2) is 24.3 Å². The van der Waals surface area contributed by atoms with Crippen LogP contribution in [0.2, 0.25) is 0 Å². The summed E-state index contributed by atoms with van der Waals surface area (Å²) in [6.07, 6.45) is 2.94. The number of urea groups is 1. The second-order valence-electron chi connectivity index (χ2n) is 6.21. The molecule has 1 aliphatic rings. The number of carbonyl (C=O) groups excluding carboxylic acids is 1. The van der Waals surface area contributed by atoms with E-state index in [0.29, 0.717) is 0 Å². The third-order valence-corrected chi connectivity index (χ3v) is 4.28. The van der Waals surface area contributed by atoms with Gasteiger partial charge in [-0.1, -0.05) is 18.2 Å². The third-order valence-electron chi connectivity index (χ3n) is 4.28. The van der Waals surface area contributed by atoms with Gasteiger partial charge in [0.1, 0.15) is 0 Å². The lowest BCUT2D eigenvalue weighted by Gasteiger charge is -2.25. The molecule has 1 aromatic heterocycles. The maximum Gasteiger partial charge on any atom is 0.315 e. The second-order valence-corrected chi connectivity index (χ2v) is 6.21. The van der Waals surface area contributed by atoms with Crippen LogP contribution in [0, 0.1) is 0 Å². The number of nitrogens with zero attached hydrogens (tertiary/aromatic N) is 1. The fourth-order valence-electron chi connectivity index (χ4n) is 3.34. The Kier molecular flexibility index (Phi) is 3.62. The molecule has 3 rings (SSSR count). The number of hydrogen-bond acceptors (Lipinski definition) is 1. The standard InChI is InChI=1S/C17H23N3O/c1-11(2)18-17(21)19-12-8-9-16-14(10-12)13-6-4-5-7-15(13)20(16)3/h4-7,11-12H,8-10H2,1-3H3,(H2,18,19,21). The van der Waals surface area contributed by atoms with Crippen molar-refractivity contribution in [2.75, 3.05) is 0 Å². The Morgan fingerprint density at radius 3 is 2.86 bits per heavy atom. The molecule has 112 valence electrons. The first-order valence-electron chi connectivity index (χ1n) is 7.68. The van der Waals surface area contributed by atoms with E-state index in [4.69, 9.17) is 0 Å². The average molecular weight is 285 g/mol. The molecule has 0 radical (unpaired) electrons. The third kappa shape index (κ3) is 2.62. The molecule has 0 saturated carbocycles. The van der Waals surface area contributed by atoms with E-state index < -0.39 is 0 Å². The number of fused-ring (bicyclic) bond motifs is 3. The Morgan fingerprint density at radius 1 is 1.33 bits per heavy atom. The van der Waals surface area contributed by atoms with E-state index in [0.717, 1.165) is 19.3 Å². The normalized spacial score (nSPS) is 17.8. The van der Waals surface area contributed by atoms with E-state index >= 15 is 0 Å². The van der Waals surface area contributed by atoms with Crippen molar-refractivity contribution < 1.29 is 4.79 Å². The Labute approximate surface area is 125 Å². The molecule has 1 aromatic carbocycles. The van der Waals surface area contributed by atoms with E-state index in [9.17, 15) is 4.79 Å². The molecule has 0 spiro atoms. The highest BCUT2D eigenvalue weighted by Crippen LogP contribution is 2.31. The molecule has 21 heavy (non-hydrogen) atoms. The molecule has 2 amide bonds. The summed E-state index contributed by atoms with van der Waals surface area (Å²) in [6, 6.07) is 8.86. The van der Waals surface area contributed by atoms with Crippen LogP contribution >= 0.6 is 0 Å². The first-order chi connectivity index (χ1) is 10.1. The number of benzene rings is 1. The Bertz CT molecular complexity index is 672. The first kappa shape index (κ1) is 14.0. The summed E-state index contributed by atoms with van der Waals surface area (Å²) in [5.41, 5.74) is 4.10. The molecule has 1 aliphatic carbocycles. The highest BCUT2D eigenvalue weighted by Gasteiger charge is 2.25. The SMILES string of the molecule is CC(C)NC(=O)NC1CCc2c(c3ccccc3n2C)C1. The zero-order valence-electron chi connectivity index (χ0n) is 12.9. The summed E-state index contributed by atoms with van der Waals surface area (Å²) < 4.78 is 2.30. The topological polar surface area (TPSA) is 46.1 Å². The minimum atomic E-state index is -0.0568. The number of aromatic nitrogens is 1. The number of para-hydroxylation sites is 1. The van der Waals surface area contributed by atoms with Crippen LogP contribution in [0.3, 0.4) is 0 Å². The summed E-state index contributed by atoms with van der Waals surface area (Å²) in [7, 11) is 2.14. The van der Waals surface area contributed by atoms with Crippen molar-refractivity contribution >= 4 is 16.9 Å². The van der Waals surface area contributed by atoms with Gasteiger partial charge in [0.15, 0.2) is 0 Å². The smallest absolute Gasteiger partial charge is 0.315 e. The molecule has 0 bridgehead atoms. The summed E-state index contributed by atoms with van der Waals surface area (Å²) in [4.78, 5) is 11.9. The van der Waals surface area contributed by atoms with Gasteiger partial charge in [-0.2, -0.15) is 0 Å². The van der Waals surface area contributed by atoms with Crippen LogP contribution in [0.1, 0.15) is 31.5 Å². The maximum atomic E-state index is 11.9. The van der Waals surface area contributed by atoms with Crippen LogP contribution < -0.4 is 10.6 Å². The molecule has 0 saturated heterocycles. The van der Waals surface area contributed by atoms with Gasteiger partial charge >= 0.3 is 6.03 Å². The summed E-state index contributed by atoms with van der Waals surface area (Å²) in [5.74, 6) is 0. The lowest BCUT2D eigenvalue weighted by Crippen LogP contribution is -2.46. The van der Waals surface area contributed by atoms with E-state index in [1.54, 1.807) is 0 Å². The molecule has 4 heteroatoms. The van der Waals surface area contributed by atoms with Crippen LogP contribution in [-0.4, -0.2) is 22.7 Å². The van der Waals surface area contributed by atoms with Crippen molar-refractivity contribution in [3.05, 3.63) is 35.5 Å². The zero-order chi connectivity index (χ0) is 15.0. The van der Waals surface area contributed by atoms with Crippen LogP contribution in [-0.2, 0) is 19.9 Å². The predicted molar refractivity (Wildman–Crippen MR) is 85.5 cm³/mol. The summed E-state index contributed by atoms with van der Waals surface area (Å²) >= 11 is 0. The van der Waals surface area contributed by atoms with Gasteiger partial charge in [0.2, 0.25) is 0 Å². The Balaban J connectivity index is 1.82. The van der Waals surface area contributed by atoms with E-state index in [1.807, 2.05) is 13.8 Å². The number of amides is 2. The number of aryl methyl sites for hydroxylation is 1. The predicted octanol–water partition coefficient (Wildman–Crippen LogP) is 2.74. The fraction of sp³-hybridized carbons (Fsp3) is 0.471. The molecule has 4 nitrogen and oxygen atoms in total. The number of hydrogen-bond donors (Lipinski definition) is 2. The molecular weight excluding hydrogens is 262 g/mol. The molecule has 0 aliphatic heterocycles. The lowest BCUT2D eigenvalue weighted by atomic mass is 9.91. The molecule has 1 atom stereocenters. The number of nitrogens with one attached hydrogen (secondary N) is 2. The van der Waals surface area contributed by atoms with Crippen molar-refractivity contribution in [1.82, 2.24) is 15.2 Å². The van der Waals surface area contributed by atoms with Crippen molar-refractivity contribution in [3.8, 4) is 0 Å². The molecule has 2 aromatic rings. The van der Waals surface area contributed by atoms with Crippen molar-refractivity contribution in [2.24, 2.45) is 7.05 Å². The van der Waals surface area contributed by atoms with Crippen LogP contribution in [0.4, 0.5) is 4.79 Å². The second kappa shape index (κ2) is 5.43. The molecule has 1 unspecified atom stereocenters. The van der Waals surface area contributed by atoms with Crippen molar-refractivity contribution in [1.29, 1.82) is 0 Å². The highest BCUT2D eigenvalue weighted by atomic mass is 16.2. The number of rotatable bonds is 2. The van der Waals surface area contributed by atoms with Gasteiger partial charge in [-0.05, 0) is 44.7 Å². The Hall–Kier alpha value is -1.97. The monoisotopic (exact) mass is 285 g/mol. The minimum absolute atomic E-state index is 0.0568. The van der Waals surface area contributed by atoms with E-state index in [2.05, 4.69) is 46.5 Å². The largest absolute Gasteiger partial charge is 0.347 e. The van der Waals surface area contributed by atoms with Gasteiger partial charge in [-0.15, -0.1) is 0 Å². The van der Waals surface area contributed by atoms with Crippen molar-refractivity contribution in [2.45, 2.75) is 45.2 Å². The van der Waals surface area contributed by atoms with Gasteiger partial charge in [-0.25, -0.2) is 4.79 Å². The van der Waals surface area contributed by atoms with E-state index in [1.165, 1.54) is 22.2 Å². The summed E-state index contributed by atoms with van der Waals surface area (Å²) in [6.45, 7) is 3.95. The molecule has 0 fully saturated rings. The molecular formula is C17H23N3O. The molecule has 1 heterocycles. The van der Waals surface area contributed by atoms with Gasteiger partial charge in [0.05, 0.1) is 0 Å². The zero-order valence-corrected chi connectivity index (χ0v) is 12.9. The van der Waals surface area contributed by atoms with Crippen LogP contribution in [0.25, 0.3) is 10.9 Å². The van der Waals surface area contributed by atoms with Crippen molar-refractivity contribution in [3.63, 3.8) is 0 Å². The maximum absolute atomic E-state index is 11.9.